The van der Waals surface area contributed by atoms with Crippen LogP contribution < -0.4 is 5.73 Å². The molecule has 2 rings (SSSR count). The van der Waals surface area contributed by atoms with Gasteiger partial charge in [-0.3, -0.25) is 0 Å². The first-order chi connectivity index (χ1) is 6.88. The minimum atomic E-state index is -2.34. The number of aromatic nitrogens is 2. The van der Waals surface area contributed by atoms with Crippen molar-refractivity contribution in [3.63, 3.8) is 0 Å². The van der Waals surface area contributed by atoms with E-state index < -0.39 is 12.7 Å². The number of fused-ring (bicyclic) bond motifs is 1. The summed E-state index contributed by atoms with van der Waals surface area (Å²) in [5, 5.41) is 0. The number of hydrogen-bond donors (Lipinski definition) is 1. The van der Waals surface area contributed by atoms with E-state index in [1.165, 1.54) is 16.8 Å². The fourth-order valence-electron chi connectivity index (χ4n) is 1.08. The molecule has 2 aromatic heterocycles. The summed E-state index contributed by atoms with van der Waals surface area (Å²) < 4.78 is 36.0. The van der Waals surface area contributed by atoms with Gasteiger partial charge in [0, 0.05) is 22.6 Å². The Morgan fingerprint density at radius 2 is 2.50 bits per heavy atom. The minimum absolute atomic E-state index is 0.0321. The summed E-state index contributed by atoms with van der Waals surface area (Å²) in [5.41, 5.74) is 5.45. The molecule has 0 aliphatic heterocycles. The van der Waals surface area contributed by atoms with Gasteiger partial charge in [-0.05, 0) is 6.85 Å². The molecule has 3 nitrogen and oxygen atoms in total. The quantitative estimate of drug-likeness (QED) is 0.645. The number of nitrogen functional groups attached to an aromatic ring is 1. The number of pyridine rings is 1. The third kappa shape index (κ3) is 0.922. The maximum absolute atomic E-state index is 13.3. The minimum Gasteiger partial charge on any atom is -0.397 e. The molecule has 0 aliphatic carbocycles. The first-order valence-corrected chi connectivity index (χ1v) is 3.32. The lowest BCUT2D eigenvalue weighted by molar-refractivity contribution is 0.630. The van der Waals surface area contributed by atoms with Gasteiger partial charge in [0.1, 0.15) is 0 Å². The van der Waals surface area contributed by atoms with Crippen LogP contribution in [-0.4, -0.2) is 9.38 Å². The molecular weight excluding hydrogens is 157 g/mol. The van der Waals surface area contributed by atoms with Gasteiger partial charge >= 0.3 is 0 Å². The number of rotatable bonds is 0. The summed E-state index contributed by atoms with van der Waals surface area (Å²) in [6.45, 7) is -2.34. The van der Waals surface area contributed by atoms with E-state index >= 15 is 0 Å². The number of hydrogen-bond acceptors (Lipinski definition) is 2. The fourth-order valence-corrected chi connectivity index (χ4v) is 1.08. The zero-order valence-electron chi connectivity index (χ0n) is 9.08. The molecule has 0 aromatic carbocycles. The molecular formula is C8H8FN3. The van der Waals surface area contributed by atoms with Crippen molar-refractivity contribution in [1.29, 1.82) is 0 Å². The van der Waals surface area contributed by atoms with Crippen LogP contribution >= 0.6 is 0 Å². The monoisotopic (exact) mass is 168 g/mol. The molecule has 0 spiro atoms. The van der Waals surface area contributed by atoms with E-state index in [1.54, 1.807) is 0 Å². The van der Waals surface area contributed by atoms with Gasteiger partial charge in [0.2, 0.25) is 0 Å². The van der Waals surface area contributed by atoms with Crippen LogP contribution in [0.25, 0.3) is 5.65 Å². The molecule has 0 radical (unpaired) electrons. The number of aryl methyl sites for hydroxylation is 1. The molecule has 2 aromatic rings. The fraction of sp³-hybridized carbons (Fsp3) is 0.125. The van der Waals surface area contributed by atoms with Crippen molar-refractivity contribution in [3.05, 3.63) is 30.0 Å². The first-order valence-electron chi connectivity index (χ1n) is 4.82. The molecule has 0 saturated carbocycles. The van der Waals surface area contributed by atoms with E-state index in [2.05, 4.69) is 4.98 Å². The normalized spacial score (nSPS) is 15.6. The largest absolute Gasteiger partial charge is 0.397 e. The molecule has 0 aliphatic rings. The zero-order valence-corrected chi connectivity index (χ0v) is 6.08. The van der Waals surface area contributed by atoms with E-state index in [0.29, 0.717) is 0 Å². The van der Waals surface area contributed by atoms with Gasteiger partial charge < -0.3 is 10.1 Å². The van der Waals surface area contributed by atoms with Gasteiger partial charge in [-0.2, -0.15) is 0 Å². The summed E-state index contributed by atoms with van der Waals surface area (Å²) in [7, 11) is 0. The van der Waals surface area contributed by atoms with Crippen LogP contribution in [0.3, 0.4) is 0 Å². The summed E-state index contributed by atoms with van der Waals surface area (Å²) in [6, 6.07) is 1.10. The Labute approximate surface area is 72.9 Å². The van der Waals surface area contributed by atoms with Gasteiger partial charge in [0.15, 0.2) is 11.5 Å². The summed E-state index contributed by atoms with van der Waals surface area (Å²) in [4.78, 5) is 3.69. The van der Waals surface area contributed by atoms with E-state index in [1.807, 2.05) is 0 Å². The van der Waals surface area contributed by atoms with Crippen LogP contribution in [0.1, 0.15) is 9.81 Å². The Kier molecular flexibility index (Phi) is 0.816. The van der Waals surface area contributed by atoms with Gasteiger partial charge in [-0.1, -0.05) is 0 Å². The van der Waals surface area contributed by atoms with E-state index in [-0.39, 0.29) is 17.0 Å². The van der Waals surface area contributed by atoms with Crippen molar-refractivity contribution in [2.24, 2.45) is 0 Å². The maximum atomic E-state index is 13.3. The second-order valence-electron chi connectivity index (χ2n) is 2.48. The lowest BCUT2D eigenvalue weighted by atomic mass is 10.4. The average Bonchev–Trinajstić information content (AvgIpc) is 2.46. The lowest BCUT2D eigenvalue weighted by Crippen LogP contribution is -1.92. The highest BCUT2D eigenvalue weighted by Gasteiger charge is 2.04. The Bertz CT molecular complexity index is 518. The summed E-state index contributed by atoms with van der Waals surface area (Å²) in [6.07, 6.45) is 2.67. The molecule has 0 fully saturated rings. The van der Waals surface area contributed by atoms with Crippen molar-refractivity contribution in [2.45, 2.75) is 6.85 Å². The van der Waals surface area contributed by atoms with Crippen molar-refractivity contribution in [2.75, 3.05) is 5.73 Å². The molecule has 2 N–H and O–H groups in total. The van der Waals surface area contributed by atoms with Crippen LogP contribution in [0.5, 0.6) is 0 Å². The average molecular weight is 168 g/mol. The maximum Gasteiger partial charge on any atom is 0.173 e. The molecule has 2 heterocycles. The molecule has 0 bridgehead atoms. The topological polar surface area (TPSA) is 43.3 Å². The van der Waals surface area contributed by atoms with Crippen molar-refractivity contribution in [1.82, 2.24) is 9.38 Å². The van der Waals surface area contributed by atoms with Crippen LogP contribution in [0.4, 0.5) is 10.1 Å². The van der Waals surface area contributed by atoms with E-state index in [9.17, 15) is 4.39 Å². The number of halogens is 1. The first kappa shape index (κ1) is 4.45. The van der Waals surface area contributed by atoms with Gasteiger partial charge in [0.25, 0.3) is 0 Å². The van der Waals surface area contributed by atoms with Crippen molar-refractivity contribution < 1.29 is 8.50 Å². The molecule has 62 valence electrons. The Morgan fingerprint density at radius 1 is 1.67 bits per heavy atom. The van der Waals surface area contributed by atoms with Crippen LogP contribution in [-0.2, 0) is 0 Å². The van der Waals surface area contributed by atoms with E-state index in [4.69, 9.17) is 9.85 Å². The van der Waals surface area contributed by atoms with Crippen LogP contribution in [0, 0.1) is 12.7 Å². The standard InChI is InChI=1S/C8H8FN3/c1-5-3-12-4-6(10)2-7(9)8(12)11-5/h2-4H,10H2,1H3/i1D3. The second kappa shape index (κ2) is 2.20. The predicted octanol–water partition coefficient (Wildman–Crippen LogP) is 1.36. The number of nitrogens with two attached hydrogens (primary N) is 1. The molecule has 0 amide bonds. The molecule has 4 heteroatoms. The van der Waals surface area contributed by atoms with Crippen molar-refractivity contribution in [3.8, 4) is 0 Å². The predicted molar refractivity (Wildman–Crippen MR) is 44.3 cm³/mol. The molecule has 0 atom stereocenters. The lowest BCUT2D eigenvalue weighted by Gasteiger charge is -1.96. The SMILES string of the molecule is [2H]C([2H])([2H])c1cn2cc(N)cc(F)c2n1. The molecule has 0 unspecified atom stereocenters. The smallest absolute Gasteiger partial charge is 0.173 e. The Balaban J connectivity index is 2.71. The summed E-state index contributed by atoms with van der Waals surface area (Å²) in [5.74, 6) is -0.634. The zero-order chi connectivity index (χ0) is 11.2. The molecule has 0 saturated heterocycles. The van der Waals surface area contributed by atoms with Gasteiger partial charge in [-0.25, -0.2) is 9.37 Å². The number of nitrogens with zero attached hydrogens (tertiary/aromatic N) is 2. The molecule has 12 heavy (non-hydrogen) atoms. The van der Waals surface area contributed by atoms with Crippen LogP contribution in [0.15, 0.2) is 18.5 Å². The number of imidazole rings is 1. The highest BCUT2D eigenvalue weighted by Crippen LogP contribution is 2.12. The highest BCUT2D eigenvalue weighted by molar-refractivity contribution is 5.49. The third-order valence-corrected chi connectivity index (χ3v) is 1.53. The van der Waals surface area contributed by atoms with Crippen molar-refractivity contribution >= 4 is 11.3 Å². The Hall–Kier alpha value is -1.58. The van der Waals surface area contributed by atoms with Gasteiger partial charge in [0.05, 0.1) is 11.4 Å². The second-order valence-corrected chi connectivity index (χ2v) is 2.48. The Morgan fingerprint density at radius 3 is 3.25 bits per heavy atom. The number of anilines is 1. The van der Waals surface area contributed by atoms with Crippen LogP contribution in [0.2, 0.25) is 0 Å². The van der Waals surface area contributed by atoms with E-state index in [0.717, 1.165) is 6.07 Å². The third-order valence-electron chi connectivity index (χ3n) is 1.53. The van der Waals surface area contributed by atoms with Gasteiger partial charge in [-0.15, -0.1) is 0 Å². The summed E-state index contributed by atoms with van der Waals surface area (Å²) >= 11 is 0. The highest BCUT2D eigenvalue weighted by atomic mass is 19.1.